The standard InChI is InChI=1S/C13H27N3O/c1-10(2)8-15-12(14)16-13(9-17)6-4-11(3)5-7-13/h10-11,17H,4-9H2,1-3H3,(H3,14,15,16). The number of hydrogen-bond acceptors (Lipinski definition) is 2. The lowest BCUT2D eigenvalue weighted by atomic mass is 9.77. The Kier molecular flexibility index (Phi) is 5.25. The van der Waals surface area contributed by atoms with Gasteiger partial charge in [0, 0.05) is 6.54 Å². The van der Waals surface area contributed by atoms with E-state index >= 15 is 0 Å². The van der Waals surface area contributed by atoms with Gasteiger partial charge in [0.25, 0.3) is 0 Å². The molecule has 0 amide bonds. The number of aliphatic hydroxyl groups excluding tert-OH is 1. The van der Waals surface area contributed by atoms with Crippen LogP contribution < -0.4 is 11.1 Å². The second-order valence-electron chi connectivity index (χ2n) is 5.87. The molecule has 1 fully saturated rings. The summed E-state index contributed by atoms with van der Waals surface area (Å²) in [5.74, 6) is 1.74. The van der Waals surface area contributed by atoms with Crippen LogP contribution in [0, 0.1) is 11.8 Å². The van der Waals surface area contributed by atoms with Crippen LogP contribution in [0.1, 0.15) is 46.5 Å². The Hall–Kier alpha value is -0.770. The van der Waals surface area contributed by atoms with Gasteiger partial charge in [-0.15, -0.1) is 0 Å². The third-order valence-corrected chi connectivity index (χ3v) is 3.55. The van der Waals surface area contributed by atoms with E-state index in [4.69, 9.17) is 5.73 Å². The molecule has 1 rings (SSSR count). The SMILES string of the molecule is CC(C)CN=C(N)NC1(CO)CCC(C)CC1. The number of nitrogens with two attached hydrogens (primary N) is 1. The number of guanidine groups is 1. The highest BCUT2D eigenvalue weighted by atomic mass is 16.3. The number of aliphatic imine (C=N–C) groups is 1. The lowest BCUT2D eigenvalue weighted by Crippen LogP contribution is -2.55. The maximum atomic E-state index is 9.58. The average Bonchev–Trinajstić information content (AvgIpc) is 2.30. The minimum Gasteiger partial charge on any atom is -0.394 e. The van der Waals surface area contributed by atoms with Crippen LogP contribution in [0.5, 0.6) is 0 Å². The summed E-state index contributed by atoms with van der Waals surface area (Å²) in [6.45, 7) is 7.35. The molecule has 0 aromatic heterocycles. The fraction of sp³-hybridized carbons (Fsp3) is 0.923. The molecule has 1 saturated carbocycles. The summed E-state index contributed by atoms with van der Waals surface area (Å²) in [4.78, 5) is 4.30. The van der Waals surface area contributed by atoms with Gasteiger partial charge in [-0.2, -0.15) is 0 Å². The van der Waals surface area contributed by atoms with Gasteiger partial charge in [-0.1, -0.05) is 20.8 Å². The first-order valence-electron chi connectivity index (χ1n) is 6.66. The fourth-order valence-corrected chi connectivity index (χ4v) is 2.23. The monoisotopic (exact) mass is 241 g/mol. The van der Waals surface area contributed by atoms with Gasteiger partial charge < -0.3 is 16.2 Å². The van der Waals surface area contributed by atoms with Crippen molar-refractivity contribution in [2.24, 2.45) is 22.6 Å². The van der Waals surface area contributed by atoms with Gasteiger partial charge >= 0.3 is 0 Å². The highest BCUT2D eigenvalue weighted by Gasteiger charge is 2.33. The molecular formula is C13H27N3O. The zero-order valence-electron chi connectivity index (χ0n) is 11.4. The maximum Gasteiger partial charge on any atom is 0.189 e. The molecular weight excluding hydrogens is 214 g/mol. The Bertz CT molecular complexity index is 255. The number of hydrogen-bond donors (Lipinski definition) is 3. The van der Waals surface area contributed by atoms with Crippen molar-refractivity contribution >= 4 is 5.96 Å². The van der Waals surface area contributed by atoms with Gasteiger partial charge in [-0.25, -0.2) is 0 Å². The van der Waals surface area contributed by atoms with E-state index in [1.54, 1.807) is 0 Å². The van der Waals surface area contributed by atoms with E-state index in [0.717, 1.165) is 38.1 Å². The van der Waals surface area contributed by atoms with Gasteiger partial charge in [0.05, 0.1) is 12.1 Å². The van der Waals surface area contributed by atoms with Crippen molar-refractivity contribution in [1.82, 2.24) is 5.32 Å². The summed E-state index contributed by atoms with van der Waals surface area (Å²) < 4.78 is 0. The fourth-order valence-electron chi connectivity index (χ4n) is 2.23. The Morgan fingerprint density at radius 3 is 2.53 bits per heavy atom. The van der Waals surface area contributed by atoms with Crippen molar-refractivity contribution in [2.75, 3.05) is 13.2 Å². The predicted octanol–water partition coefficient (Wildman–Crippen LogP) is 1.49. The number of nitrogens with zero attached hydrogens (tertiary/aromatic N) is 1. The Balaban J connectivity index is 2.54. The smallest absolute Gasteiger partial charge is 0.189 e. The van der Waals surface area contributed by atoms with E-state index in [1.165, 1.54) is 0 Å². The topological polar surface area (TPSA) is 70.6 Å². The summed E-state index contributed by atoms with van der Waals surface area (Å²) in [6.07, 6.45) is 4.24. The Labute approximate surface area is 105 Å². The third kappa shape index (κ3) is 4.54. The molecule has 0 atom stereocenters. The molecule has 17 heavy (non-hydrogen) atoms. The van der Waals surface area contributed by atoms with Gasteiger partial charge in [0.15, 0.2) is 5.96 Å². The molecule has 0 aromatic carbocycles. The number of nitrogens with one attached hydrogen (secondary N) is 1. The van der Waals surface area contributed by atoms with Crippen LogP contribution in [-0.4, -0.2) is 29.8 Å². The van der Waals surface area contributed by atoms with Gasteiger partial charge in [0.1, 0.15) is 0 Å². The molecule has 0 spiro atoms. The van der Waals surface area contributed by atoms with Crippen molar-refractivity contribution < 1.29 is 5.11 Å². The summed E-state index contributed by atoms with van der Waals surface area (Å²) in [6, 6.07) is 0. The van der Waals surface area contributed by atoms with E-state index < -0.39 is 0 Å². The molecule has 0 saturated heterocycles. The van der Waals surface area contributed by atoms with Crippen molar-refractivity contribution in [2.45, 2.75) is 52.0 Å². The molecule has 100 valence electrons. The van der Waals surface area contributed by atoms with E-state index in [9.17, 15) is 5.11 Å². The first-order valence-corrected chi connectivity index (χ1v) is 6.66. The molecule has 0 heterocycles. The second-order valence-corrected chi connectivity index (χ2v) is 5.87. The molecule has 4 nitrogen and oxygen atoms in total. The van der Waals surface area contributed by atoms with Crippen LogP contribution in [0.3, 0.4) is 0 Å². The normalized spacial score (nSPS) is 30.6. The molecule has 4 heteroatoms. The van der Waals surface area contributed by atoms with E-state index in [0.29, 0.717) is 11.9 Å². The maximum absolute atomic E-state index is 9.58. The first kappa shape index (κ1) is 14.3. The summed E-state index contributed by atoms with van der Waals surface area (Å²) >= 11 is 0. The molecule has 1 aliphatic rings. The zero-order valence-corrected chi connectivity index (χ0v) is 11.4. The quantitative estimate of drug-likeness (QED) is 0.516. The Morgan fingerprint density at radius 2 is 2.06 bits per heavy atom. The molecule has 0 aliphatic heterocycles. The van der Waals surface area contributed by atoms with Crippen molar-refractivity contribution in [3.8, 4) is 0 Å². The summed E-state index contributed by atoms with van der Waals surface area (Å²) in [7, 11) is 0. The van der Waals surface area contributed by atoms with Gasteiger partial charge in [-0.05, 0) is 37.5 Å². The van der Waals surface area contributed by atoms with Crippen LogP contribution in [0.4, 0.5) is 0 Å². The van der Waals surface area contributed by atoms with Crippen molar-refractivity contribution in [3.63, 3.8) is 0 Å². The molecule has 4 N–H and O–H groups in total. The lowest BCUT2D eigenvalue weighted by Gasteiger charge is -2.39. The second kappa shape index (κ2) is 6.24. The van der Waals surface area contributed by atoms with Crippen molar-refractivity contribution in [3.05, 3.63) is 0 Å². The van der Waals surface area contributed by atoms with Crippen LogP contribution in [0.2, 0.25) is 0 Å². The molecule has 1 aliphatic carbocycles. The highest BCUT2D eigenvalue weighted by molar-refractivity contribution is 5.78. The molecule has 0 unspecified atom stereocenters. The van der Waals surface area contributed by atoms with E-state index in [-0.39, 0.29) is 12.1 Å². The molecule has 0 bridgehead atoms. The van der Waals surface area contributed by atoms with Crippen LogP contribution >= 0.6 is 0 Å². The summed E-state index contributed by atoms with van der Waals surface area (Å²) in [5, 5.41) is 12.8. The van der Waals surface area contributed by atoms with Crippen LogP contribution in [0.25, 0.3) is 0 Å². The van der Waals surface area contributed by atoms with Crippen LogP contribution in [0.15, 0.2) is 4.99 Å². The molecule has 0 aromatic rings. The number of aliphatic hydroxyl groups is 1. The minimum atomic E-state index is -0.239. The lowest BCUT2D eigenvalue weighted by molar-refractivity contribution is 0.122. The highest BCUT2D eigenvalue weighted by Crippen LogP contribution is 2.31. The Morgan fingerprint density at radius 1 is 1.47 bits per heavy atom. The van der Waals surface area contributed by atoms with Crippen molar-refractivity contribution in [1.29, 1.82) is 0 Å². The largest absolute Gasteiger partial charge is 0.394 e. The summed E-state index contributed by atoms with van der Waals surface area (Å²) in [5.41, 5.74) is 5.64. The third-order valence-electron chi connectivity index (χ3n) is 3.55. The average molecular weight is 241 g/mol. The van der Waals surface area contributed by atoms with E-state index in [2.05, 4.69) is 31.1 Å². The van der Waals surface area contributed by atoms with Crippen LogP contribution in [-0.2, 0) is 0 Å². The molecule has 0 radical (unpaired) electrons. The minimum absolute atomic E-state index is 0.137. The first-order chi connectivity index (χ1) is 7.97. The van der Waals surface area contributed by atoms with E-state index in [1.807, 2.05) is 0 Å². The van der Waals surface area contributed by atoms with Gasteiger partial charge in [-0.3, -0.25) is 4.99 Å². The zero-order chi connectivity index (χ0) is 12.9. The van der Waals surface area contributed by atoms with Gasteiger partial charge in [0.2, 0.25) is 0 Å². The number of rotatable bonds is 4. The predicted molar refractivity (Wildman–Crippen MR) is 71.9 cm³/mol.